The second kappa shape index (κ2) is 29.5. The maximum atomic E-state index is 9.93. The number of nitrogens with two attached hydrogens (primary N) is 1. The fourth-order valence-electron chi connectivity index (χ4n) is 2.70. The molecule has 35 heavy (non-hydrogen) atoms. The van der Waals surface area contributed by atoms with Crippen molar-refractivity contribution in [1.29, 1.82) is 0 Å². The second-order valence-corrected chi connectivity index (χ2v) is 7.79. The van der Waals surface area contributed by atoms with E-state index in [1.54, 1.807) is 14.0 Å². The standard InChI is InChI=1S/C12H18O.C5H9NO3.C5H11N.CH5NO.CH4O.CH2O/c1-9(2)10(3)11-7-5-6-8-12(11)13-4;1-4(6-3-7)2-5(8)9;1-5-3-2-4-6-5;1-3-2;2*1-2/h5-10H,1-4H3;3-4H,2H2,1H3,(H,6,7)(H,8,9);5-6H,2-4H2,1H3;2H2,1H3;2H,1H3;1H2/t;4-;5-;;;/m.11.../s1. The van der Waals surface area contributed by atoms with E-state index in [1.807, 2.05) is 18.9 Å². The van der Waals surface area contributed by atoms with Crippen molar-refractivity contribution < 1.29 is 34.2 Å². The molecule has 6 N–H and O–H groups in total. The Balaban J connectivity index is -0.000000190. The predicted molar refractivity (Wildman–Crippen MR) is 140 cm³/mol. The number of carbonyl (C=O) groups excluding carboxylic acids is 2. The maximum Gasteiger partial charge on any atom is 0.305 e. The monoisotopic (exact) mass is 503 g/mol. The molecule has 10 heteroatoms. The van der Waals surface area contributed by atoms with E-state index in [0.29, 0.717) is 18.2 Å². The Labute approximate surface area is 211 Å². The minimum atomic E-state index is -0.906. The minimum absolute atomic E-state index is 0.0290. The zero-order chi connectivity index (χ0) is 28.2. The number of carboxylic acids is 1. The van der Waals surface area contributed by atoms with Crippen molar-refractivity contribution >= 4 is 19.2 Å². The lowest BCUT2D eigenvalue weighted by molar-refractivity contribution is -0.137. The largest absolute Gasteiger partial charge is 0.496 e. The van der Waals surface area contributed by atoms with E-state index in [2.05, 4.69) is 61.2 Å². The summed E-state index contributed by atoms with van der Waals surface area (Å²) in [6.07, 6.45) is 3.22. The molecule has 1 aliphatic heterocycles. The lowest BCUT2D eigenvalue weighted by Crippen LogP contribution is -2.26. The van der Waals surface area contributed by atoms with Gasteiger partial charge in [-0.05, 0) is 56.7 Å². The number of hydrogen-bond acceptors (Lipinski definition) is 8. The number of aliphatic hydroxyl groups is 1. The zero-order valence-corrected chi connectivity index (χ0v) is 22.7. The highest BCUT2D eigenvalue weighted by molar-refractivity contribution is 5.68. The Morgan fingerprint density at radius 3 is 2.06 bits per heavy atom. The molecule has 206 valence electrons. The minimum Gasteiger partial charge on any atom is -0.496 e. The molecule has 1 heterocycles. The van der Waals surface area contributed by atoms with Crippen molar-refractivity contribution in [2.24, 2.45) is 11.8 Å². The average molecular weight is 504 g/mol. The Morgan fingerprint density at radius 1 is 1.23 bits per heavy atom. The molecule has 1 amide bonds. The molecule has 0 aromatic heterocycles. The van der Waals surface area contributed by atoms with Gasteiger partial charge in [0.1, 0.15) is 12.5 Å². The third-order valence-corrected chi connectivity index (χ3v) is 4.77. The van der Waals surface area contributed by atoms with Gasteiger partial charge in [0, 0.05) is 19.2 Å². The Bertz CT molecular complexity index is 598. The molecule has 0 radical (unpaired) electrons. The van der Waals surface area contributed by atoms with E-state index in [-0.39, 0.29) is 12.5 Å². The van der Waals surface area contributed by atoms with Crippen molar-refractivity contribution in [3.8, 4) is 5.75 Å². The number of aliphatic hydroxyl groups excluding tert-OH is 1. The highest BCUT2D eigenvalue weighted by Crippen LogP contribution is 2.30. The first-order chi connectivity index (χ1) is 16.6. The highest BCUT2D eigenvalue weighted by atomic mass is 16.6. The number of ether oxygens (including phenoxy) is 1. The molecular weight excluding hydrogens is 454 g/mol. The molecule has 0 spiro atoms. The van der Waals surface area contributed by atoms with Gasteiger partial charge in [0.05, 0.1) is 20.6 Å². The molecule has 1 saturated heterocycles. The molecule has 1 aliphatic rings. The zero-order valence-electron chi connectivity index (χ0n) is 22.7. The average Bonchev–Trinajstić information content (AvgIpc) is 3.33. The van der Waals surface area contributed by atoms with Crippen LogP contribution in [0.1, 0.15) is 65.4 Å². The number of nitrogens with one attached hydrogen (secondary N) is 2. The van der Waals surface area contributed by atoms with Crippen LogP contribution in [0, 0.1) is 5.92 Å². The van der Waals surface area contributed by atoms with Gasteiger partial charge < -0.3 is 35.2 Å². The first kappa shape index (κ1) is 39.7. The number of benzene rings is 1. The molecule has 0 aliphatic carbocycles. The Hall–Kier alpha value is -2.53. The van der Waals surface area contributed by atoms with Gasteiger partial charge in [-0.3, -0.25) is 9.59 Å². The highest BCUT2D eigenvalue weighted by Gasteiger charge is 2.13. The van der Waals surface area contributed by atoms with E-state index >= 15 is 0 Å². The van der Waals surface area contributed by atoms with Crippen molar-refractivity contribution in [2.75, 3.05) is 27.9 Å². The second-order valence-electron chi connectivity index (χ2n) is 7.79. The summed E-state index contributed by atoms with van der Waals surface area (Å²) in [7, 11) is 4.13. The lowest BCUT2D eigenvalue weighted by Gasteiger charge is -2.18. The van der Waals surface area contributed by atoms with Crippen molar-refractivity contribution in [3.63, 3.8) is 0 Å². The molecule has 10 nitrogen and oxygen atoms in total. The molecule has 2 rings (SSSR count). The first-order valence-electron chi connectivity index (χ1n) is 11.4. The van der Waals surface area contributed by atoms with E-state index in [9.17, 15) is 9.59 Å². The molecular formula is C25H49N3O7. The third kappa shape index (κ3) is 25.9. The van der Waals surface area contributed by atoms with Crippen LogP contribution < -0.4 is 21.3 Å². The summed E-state index contributed by atoms with van der Waals surface area (Å²) in [5.41, 5.74) is 1.31. The number of carbonyl (C=O) groups is 3. The van der Waals surface area contributed by atoms with E-state index in [4.69, 9.17) is 19.7 Å². The van der Waals surface area contributed by atoms with Gasteiger partial charge in [0.25, 0.3) is 0 Å². The summed E-state index contributed by atoms with van der Waals surface area (Å²) in [4.78, 5) is 31.4. The number of amides is 1. The van der Waals surface area contributed by atoms with Crippen LogP contribution in [0.5, 0.6) is 5.75 Å². The number of aliphatic carboxylic acids is 1. The summed E-state index contributed by atoms with van der Waals surface area (Å²) < 4.78 is 5.32. The van der Waals surface area contributed by atoms with Gasteiger partial charge in [-0.25, -0.2) is 5.90 Å². The van der Waals surface area contributed by atoms with Gasteiger partial charge in [-0.2, -0.15) is 0 Å². The van der Waals surface area contributed by atoms with Crippen molar-refractivity contribution in [1.82, 2.24) is 10.6 Å². The van der Waals surface area contributed by atoms with Crippen LogP contribution in [0.2, 0.25) is 0 Å². The summed E-state index contributed by atoms with van der Waals surface area (Å²) in [6.45, 7) is 13.8. The van der Waals surface area contributed by atoms with Crippen LogP contribution in [0.15, 0.2) is 24.3 Å². The normalized spacial score (nSPS) is 14.7. The van der Waals surface area contributed by atoms with Gasteiger partial charge in [0.15, 0.2) is 0 Å². The van der Waals surface area contributed by atoms with Crippen molar-refractivity contribution in [2.45, 2.75) is 71.9 Å². The summed E-state index contributed by atoms with van der Waals surface area (Å²) in [5, 5.41) is 20.8. The SMILES string of the molecule is C=O.CO.CON.COc1ccccc1C(C)C(C)C.C[C@@H]1CCCN1.C[C@H](CC(=O)O)NC=O. The molecule has 1 unspecified atom stereocenters. The van der Waals surface area contributed by atoms with Gasteiger partial charge >= 0.3 is 5.97 Å². The quantitative estimate of drug-likeness (QED) is 0.278. The Morgan fingerprint density at radius 2 is 1.74 bits per heavy atom. The summed E-state index contributed by atoms with van der Waals surface area (Å²) in [6, 6.07) is 8.76. The molecule has 0 bridgehead atoms. The maximum absolute atomic E-state index is 9.93. The number of para-hydroxylation sites is 1. The first-order valence-corrected chi connectivity index (χ1v) is 11.4. The third-order valence-electron chi connectivity index (χ3n) is 4.77. The van der Waals surface area contributed by atoms with E-state index < -0.39 is 5.97 Å². The molecule has 0 saturated carbocycles. The van der Waals surface area contributed by atoms with Crippen LogP contribution in [0.4, 0.5) is 0 Å². The fraction of sp³-hybridized carbons (Fsp3) is 0.640. The topological polar surface area (TPSA) is 160 Å². The summed E-state index contributed by atoms with van der Waals surface area (Å²) in [5.74, 6) is 5.65. The number of rotatable bonds is 7. The predicted octanol–water partition coefficient (Wildman–Crippen LogP) is 2.74. The fourth-order valence-corrected chi connectivity index (χ4v) is 2.70. The number of carboxylic acid groups (broad SMARTS) is 1. The van der Waals surface area contributed by atoms with Gasteiger partial charge in [-0.1, -0.05) is 39.0 Å². The van der Waals surface area contributed by atoms with Gasteiger partial charge in [-0.15, -0.1) is 0 Å². The van der Waals surface area contributed by atoms with E-state index in [0.717, 1.165) is 18.9 Å². The van der Waals surface area contributed by atoms with Crippen LogP contribution in [0.3, 0.4) is 0 Å². The summed E-state index contributed by atoms with van der Waals surface area (Å²) >= 11 is 0. The molecule has 3 atom stereocenters. The lowest BCUT2D eigenvalue weighted by atomic mass is 9.90. The van der Waals surface area contributed by atoms with Crippen LogP contribution >= 0.6 is 0 Å². The van der Waals surface area contributed by atoms with Crippen LogP contribution in [-0.4, -0.2) is 69.3 Å². The van der Waals surface area contributed by atoms with Crippen molar-refractivity contribution in [3.05, 3.63) is 29.8 Å². The molecule has 1 aromatic carbocycles. The number of methoxy groups -OCH3 is 1. The molecule has 1 fully saturated rings. The smallest absolute Gasteiger partial charge is 0.305 e. The van der Waals surface area contributed by atoms with Gasteiger partial charge in [0.2, 0.25) is 6.41 Å². The van der Waals surface area contributed by atoms with Crippen LogP contribution in [0.25, 0.3) is 0 Å². The van der Waals surface area contributed by atoms with Crippen LogP contribution in [-0.2, 0) is 19.2 Å². The van der Waals surface area contributed by atoms with E-state index in [1.165, 1.54) is 32.1 Å². The molecule has 1 aromatic rings. The number of hydrogen-bond donors (Lipinski definition) is 5. The Kier molecular flexibility index (Phi) is 33.4.